The van der Waals surface area contributed by atoms with Crippen LogP contribution < -0.4 is 24.3 Å². The Morgan fingerprint density at radius 2 is 0.962 bits per heavy atom. The Balaban J connectivity index is 0.000000190. The van der Waals surface area contributed by atoms with Crippen LogP contribution in [0.3, 0.4) is 0 Å². The highest BCUT2D eigenvalue weighted by Crippen LogP contribution is 2.51. The minimum absolute atomic E-state index is 0. The van der Waals surface area contributed by atoms with Crippen molar-refractivity contribution < 1.29 is 38.7 Å². The number of hydrogen-bond acceptors (Lipinski definition) is 11. The lowest BCUT2D eigenvalue weighted by Gasteiger charge is -2.48. The van der Waals surface area contributed by atoms with Crippen LogP contribution in [0.4, 0.5) is 9.59 Å². The molecule has 428 valence electrons. The third kappa shape index (κ3) is 14.7. The third-order valence-electron chi connectivity index (χ3n) is 17.3. The summed E-state index contributed by atoms with van der Waals surface area (Å²) in [4.78, 5) is 33.9. The van der Waals surface area contributed by atoms with Gasteiger partial charge in [0.2, 0.25) is 0 Å². The van der Waals surface area contributed by atoms with Crippen LogP contribution in [0.2, 0.25) is 0 Å². The SMILES string of the molecule is C.C.C.CN1CCN(C(=O)Cl)CC1.CN1CCN(C(=O)N2CCC3(CC2)CC(c2cccc(O)c2)c2ccc(OC4CCCC4)cc2O3)CC1.Oc1cccc(C2CC3(CCNCC3)Oc3cc(OC4CCCC4)ccc32)c1. The van der Waals surface area contributed by atoms with E-state index in [0.29, 0.717) is 31.0 Å². The van der Waals surface area contributed by atoms with Gasteiger partial charge in [-0.25, -0.2) is 4.79 Å². The van der Waals surface area contributed by atoms with Gasteiger partial charge in [-0.2, -0.15) is 0 Å². The second-order valence-corrected chi connectivity index (χ2v) is 22.9. The van der Waals surface area contributed by atoms with Gasteiger partial charge in [-0.1, -0.05) is 58.7 Å². The Morgan fingerprint density at radius 3 is 1.38 bits per heavy atom. The first-order valence-electron chi connectivity index (χ1n) is 28.0. The molecule has 3 N–H and O–H groups in total. The topological polar surface area (TPSA) is 140 Å². The molecule has 0 bridgehead atoms. The van der Waals surface area contributed by atoms with Crippen LogP contribution in [0.5, 0.6) is 34.5 Å². The largest absolute Gasteiger partial charge is 0.508 e. The van der Waals surface area contributed by atoms with Crippen molar-refractivity contribution in [2.75, 3.05) is 92.6 Å². The zero-order valence-corrected chi connectivity index (χ0v) is 45.0. The van der Waals surface area contributed by atoms with Crippen molar-refractivity contribution in [1.29, 1.82) is 0 Å². The van der Waals surface area contributed by atoms with Gasteiger partial charge in [0, 0.05) is 113 Å². The van der Waals surface area contributed by atoms with Crippen LogP contribution in [0.1, 0.15) is 146 Å². The highest BCUT2D eigenvalue weighted by molar-refractivity contribution is 6.62. The van der Waals surface area contributed by atoms with Gasteiger partial charge in [0.1, 0.15) is 45.7 Å². The molecule has 78 heavy (non-hydrogen) atoms. The number of hydrogen-bond donors (Lipinski definition) is 3. The molecule has 4 aromatic rings. The molecular formula is C63H91ClN6O8. The van der Waals surface area contributed by atoms with E-state index in [1.807, 2.05) is 41.1 Å². The summed E-state index contributed by atoms with van der Waals surface area (Å²) in [5, 5.41) is 23.4. The number of phenolic OH excluding ortho intramolecular Hbond substituents is 2. The van der Waals surface area contributed by atoms with Crippen molar-refractivity contribution in [2.24, 2.45) is 0 Å². The van der Waals surface area contributed by atoms with Gasteiger partial charge < -0.3 is 59.0 Å². The summed E-state index contributed by atoms with van der Waals surface area (Å²) < 4.78 is 26.1. The molecule has 2 unspecified atom stereocenters. The number of ether oxygens (including phenoxy) is 4. The fourth-order valence-electron chi connectivity index (χ4n) is 12.7. The lowest BCUT2D eigenvalue weighted by molar-refractivity contribution is -0.0145. The van der Waals surface area contributed by atoms with E-state index in [0.717, 1.165) is 169 Å². The van der Waals surface area contributed by atoms with Crippen LogP contribution in [0.15, 0.2) is 84.9 Å². The van der Waals surface area contributed by atoms with Crippen LogP contribution in [-0.2, 0) is 0 Å². The molecule has 3 amide bonds. The molecule has 2 atom stereocenters. The minimum Gasteiger partial charge on any atom is -0.508 e. The smallest absolute Gasteiger partial charge is 0.320 e. The number of nitrogens with one attached hydrogen (secondary N) is 1. The number of phenols is 2. The highest BCUT2D eigenvalue weighted by Gasteiger charge is 2.46. The summed E-state index contributed by atoms with van der Waals surface area (Å²) in [7, 11) is 4.15. The minimum atomic E-state index is -0.339. The first-order valence-corrected chi connectivity index (χ1v) is 28.4. The van der Waals surface area contributed by atoms with E-state index in [4.69, 9.17) is 30.5 Å². The maximum absolute atomic E-state index is 13.2. The number of urea groups is 1. The number of fused-ring (bicyclic) bond motifs is 2. The third-order valence-corrected chi connectivity index (χ3v) is 17.5. The molecule has 0 aromatic heterocycles. The summed E-state index contributed by atoms with van der Waals surface area (Å²) >= 11 is 5.27. The van der Waals surface area contributed by atoms with Crippen LogP contribution >= 0.6 is 11.6 Å². The summed E-state index contributed by atoms with van der Waals surface area (Å²) in [6.07, 6.45) is 15.6. The number of rotatable bonds is 6. The number of piperidine rings is 2. The lowest BCUT2D eigenvalue weighted by atomic mass is 9.74. The van der Waals surface area contributed by atoms with Crippen LogP contribution in [0, 0.1) is 0 Å². The molecule has 6 heterocycles. The van der Waals surface area contributed by atoms with Crippen molar-refractivity contribution in [2.45, 2.75) is 147 Å². The summed E-state index contributed by atoms with van der Waals surface area (Å²) in [6, 6.07) is 28.1. The summed E-state index contributed by atoms with van der Waals surface area (Å²) in [5.41, 5.74) is 4.13. The maximum Gasteiger partial charge on any atom is 0.320 e. The van der Waals surface area contributed by atoms with Crippen molar-refractivity contribution in [3.8, 4) is 34.5 Å². The molecule has 12 rings (SSSR count). The predicted octanol–water partition coefficient (Wildman–Crippen LogP) is 12.1. The molecule has 2 spiro atoms. The molecule has 14 nitrogen and oxygen atoms in total. The number of likely N-dealkylation sites (tertiary alicyclic amines) is 1. The van der Waals surface area contributed by atoms with Crippen LogP contribution in [-0.4, -0.2) is 162 Å². The molecule has 8 aliphatic rings. The second-order valence-electron chi connectivity index (χ2n) is 22.6. The molecule has 6 aliphatic heterocycles. The predicted molar refractivity (Wildman–Crippen MR) is 312 cm³/mol. The highest BCUT2D eigenvalue weighted by atomic mass is 35.5. The first kappa shape index (κ1) is 60.2. The van der Waals surface area contributed by atoms with Gasteiger partial charge in [-0.15, -0.1) is 0 Å². The average molecular weight is 1100 g/mol. The quantitative estimate of drug-likeness (QED) is 0.126. The van der Waals surface area contributed by atoms with Crippen molar-refractivity contribution in [3.05, 3.63) is 107 Å². The van der Waals surface area contributed by atoms with Crippen LogP contribution in [0.25, 0.3) is 0 Å². The Kier molecular flexibility index (Phi) is 21.0. The molecular weight excluding hydrogens is 1000 g/mol. The number of piperazine rings is 2. The number of carbonyl (C=O) groups is 2. The van der Waals surface area contributed by atoms with Crippen molar-refractivity contribution in [3.63, 3.8) is 0 Å². The molecule has 15 heteroatoms. The van der Waals surface area contributed by atoms with Gasteiger partial charge in [0.15, 0.2) is 0 Å². The average Bonchev–Trinajstić information content (AvgIpc) is 4.14. The normalized spacial score (nSPS) is 22.7. The summed E-state index contributed by atoms with van der Waals surface area (Å²) in [6.45, 7) is 10.2. The van der Waals surface area contributed by atoms with E-state index < -0.39 is 0 Å². The lowest BCUT2D eigenvalue weighted by Crippen LogP contribution is -2.57. The van der Waals surface area contributed by atoms with Gasteiger partial charge in [-0.3, -0.25) is 4.79 Å². The fraction of sp³-hybridized carbons (Fsp3) is 0.587. The van der Waals surface area contributed by atoms with Gasteiger partial charge in [0.25, 0.3) is 0 Å². The number of halogens is 1. The van der Waals surface area contributed by atoms with Gasteiger partial charge >= 0.3 is 11.4 Å². The molecule has 0 radical (unpaired) electrons. The molecule has 6 fully saturated rings. The monoisotopic (exact) mass is 1090 g/mol. The molecule has 4 saturated heterocycles. The first-order chi connectivity index (χ1) is 36.4. The van der Waals surface area contributed by atoms with E-state index in [1.165, 1.54) is 31.2 Å². The number of benzene rings is 4. The second kappa shape index (κ2) is 27.2. The number of nitrogens with zero attached hydrogens (tertiary/aromatic N) is 5. The Labute approximate surface area is 471 Å². The summed E-state index contributed by atoms with van der Waals surface area (Å²) in [5.74, 6) is 4.60. The Bertz CT molecular complexity index is 2560. The number of amides is 3. The van der Waals surface area contributed by atoms with Crippen molar-refractivity contribution >= 4 is 23.0 Å². The molecule has 4 aromatic carbocycles. The van der Waals surface area contributed by atoms with Crippen molar-refractivity contribution in [1.82, 2.24) is 29.8 Å². The van der Waals surface area contributed by atoms with E-state index in [9.17, 15) is 19.8 Å². The Hall–Kier alpha value is -5.41. The van der Waals surface area contributed by atoms with E-state index in [2.05, 4.69) is 70.7 Å². The zero-order valence-electron chi connectivity index (χ0n) is 44.2. The standard InChI is InChI=1S/C30H39N3O4.C24H29NO3.C6H11ClN2O.3CH4/c1-31-15-17-33(18-16-31)29(35)32-13-11-30(12-14-32)21-27(22-5-4-6-23(34)19-22)26-10-9-25(20-28(26)37-30)36-24-7-2-3-8-24;26-18-5-3-4-17(14-18)22-16-24(10-12-25-13-11-24)28-23-15-20(8-9-21(22)23)27-19-6-1-2-7-19;1-8-2-4-9(5-3-8)6(7)10;;;/h4-6,9-10,19-20,24,27,34H,2-3,7-8,11-18,21H2,1H3;3-5,8-9,14-15,19,22,25-26H,1-2,6-7,10-13,16H2;2-5H2,1H3;3*1H4. The zero-order chi connectivity index (χ0) is 51.9. The van der Waals surface area contributed by atoms with Gasteiger partial charge in [-0.05, 0) is 163 Å². The number of aromatic hydroxyl groups is 2. The fourth-order valence-corrected chi connectivity index (χ4v) is 12.9. The molecule has 2 saturated carbocycles. The number of likely N-dealkylation sites (N-methyl/N-ethyl adjacent to an activating group) is 2. The maximum atomic E-state index is 13.2. The van der Waals surface area contributed by atoms with E-state index in [1.54, 1.807) is 17.0 Å². The number of carbonyl (C=O) groups excluding carboxylic acids is 2. The van der Waals surface area contributed by atoms with E-state index in [-0.39, 0.29) is 62.5 Å². The van der Waals surface area contributed by atoms with E-state index >= 15 is 0 Å². The Morgan fingerprint density at radius 1 is 0.551 bits per heavy atom. The molecule has 2 aliphatic carbocycles. The van der Waals surface area contributed by atoms with Gasteiger partial charge in [0.05, 0.1) is 12.2 Å².